The standard InChI is InChI=1S/C44H59Cl2N7O9S/c45-31-7-15-37(16-8-31)61-28-41(55)47-33-11-13-35(14-12-33)53(42(56)29-62-38-17-9-32(46)10-18-38)27-34-26-52(51-50-34)19-21-59-23-25-60-24-22-58-20-3-5-36(54)4-1-2-6-40-43-39(30-63-40)48-44(57)49-43/h7-10,15-18,26,33,35,39-40,43H,1-6,11-14,19-25,27-30H2,(H,47,55)(H2,48,49,57)/t33?,35?,39?,40-,43?/m0/s1. The third-order valence-electron chi connectivity index (χ3n) is 11.2. The van der Waals surface area contributed by atoms with E-state index in [1.165, 1.54) is 0 Å². The number of ether oxygens (including phenoxy) is 5. The SMILES string of the molecule is O=C(CCCC[C@@H]1SCC2NC(=O)NC21)CCCOCCOCCOCCn1cc(CN(C(=O)COc2ccc(Cl)cc2)C2CCC(NC(=O)COc3ccc(Cl)cc3)CC2)nn1. The van der Waals surface area contributed by atoms with E-state index in [2.05, 4.69) is 26.3 Å². The van der Waals surface area contributed by atoms with E-state index in [0.29, 0.717) is 124 Å². The molecule has 19 heteroatoms. The van der Waals surface area contributed by atoms with Crippen LogP contribution in [0, 0.1) is 0 Å². The number of ketones is 1. The minimum absolute atomic E-state index is 0.0300. The lowest BCUT2D eigenvalue weighted by Crippen LogP contribution is -2.47. The Kier molecular flexibility index (Phi) is 19.9. The summed E-state index contributed by atoms with van der Waals surface area (Å²) in [7, 11) is 0. The molecule has 2 aliphatic heterocycles. The number of nitrogens with zero attached hydrogens (tertiary/aromatic N) is 4. The molecule has 3 fully saturated rings. The van der Waals surface area contributed by atoms with E-state index < -0.39 is 0 Å². The third kappa shape index (κ3) is 16.7. The quantitative estimate of drug-likeness (QED) is 0.0604. The number of halogens is 2. The lowest BCUT2D eigenvalue weighted by atomic mass is 9.90. The fraction of sp³-hybridized carbons (Fsp3) is 0.591. The average Bonchev–Trinajstić information content (AvgIpc) is 4.00. The van der Waals surface area contributed by atoms with E-state index in [-0.39, 0.29) is 67.6 Å². The summed E-state index contributed by atoms with van der Waals surface area (Å²) in [6.07, 6.45) is 9.31. The topological polar surface area (TPSA) is 184 Å². The number of hydrogen-bond donors (Lipinski definition) is 3. The molecule has 1 saturated carbocycles. The number of amides is 4. The summed E-state index contributed by atoms with van der Waals surface area (Å²) < 4.78 is 30.1. The van der Waals surface area contributed by atoms with Crippen LogP contribution in [-0.2, 0) is 41.7 Å². The number of urea groups is 1. The first-order valence-corrected chi connectivity index (χ1v) is 23.7. The number of carbonyl (C=O) groups excluding carboxylic acids is 4. The van der Waals surface area contributed by atoms with Crippen LogP contribution in [0.25, 0.3) is 0 Å². The summed E-state index contributed by atoms with van der Waals surface area (Å²) in [5.41, 5.74) is 0.643. The summed E-state index contributed by atoms with van der Waals surface area (Å²) in [6, 6.07) is 14.0. The van der Waals surface area contributed by atoms with E-state index >= 15 is 0 Å². The Balaban J connectivity index is 0.812. The van der Waals surface area contributed by atoms with E-state index in [1.807, 2.05) is 18.0 Å². The predicted molar refractivity (Wildman–Crippen MR) is 239 cm³/mol. The van der Waals surface area contributed by atoms with Crippen LogP contribution in [0.5, 0.6) is 11.5 Å². The summed E-state index contributed by atoms with van der Waals surface area (Å²) in [5.74, 6) is 1.95. The van der Waals surface area contributed by atoms with Crippen LogP contribution in [-0.4, -0.2) is 132 Å². The molecular weight excluding hydrogens is 873 g/mol. The first kappa shape index (κ1) is 48.3. The van der Waals surface area contributed by atoms with Gasteiger partial charge in [0.1, 0.15) is 23.0 Å². The van der Waals surface area contributed by atoms with Crippen molar-refractivity contribution in [3.05, 3.63) is 70.5 Å². The van der Waals surface area contributed by atoms with Gasteiger partial charge in [0.05, 0.1) is 64.4 Å². The maximum atomic E-state index is 13.7. The van der Waals surface area contributed by atoms with Gasteiger partial charge in [0, 0.05) is 52.6 Å². The summed E-state index contributed by atoms with van der Waals surface area (Å²) >= 11 is 13.9. The molecule has 2 aromatic carbocycles. The Morgan fingerprint density at radius 2 is 1.43 bits per heavy atom. The Morgan fingerprint density at radius 3 is 2.13 bits per heavy atom. The first-order valence-electron chi connectivity index (χ1n) is 21.9. The molecule has 3 N–H and O–H groups in total. The van der Waals surface area contributed by atoms with E-state index in [4.69, 9.17) is 46.9 Å². The van der Waals surface area contributed by atoms with Gasteiger partial charge < -0.3 is 44.5 Å². The summed E-state index contributed by atoms with van der Waals surface area (Å²) in [6.45, 7) is 3.15. The van der Waals surface area contributed by atoms with Crippen molar-refractivity contribution in [2.75, 3.05) is 58.6 Å². The number of nitrogens with one attached hydrogen (secondary N) is 3. The zero-order chi connectivity index (χ0) is 44.2. The maximum Gasteiger partial charge on any atom is 0.315 e. The molecule has 6 rings (SSSR count). The number of thioether (sulfide) groups is 1. The molecule has 3 aliphatic rings. The van der Waals surface area contributed by atoms with Crippen molar-refractivity contribution < 1.29 is 42.9 Å². The van der Waals surface area contributed by atoms with Crippen molar-refractivity contribution in [2.45, 2.75) is 107 Å². The highest BCUT2D eigenvalue weighted by molar-refractivity contribution is 8.00. The number of unbranched alkanes of at least 4 members (excludes halogenated alkanes) is 1. The van der Waals surface area contributed by atoms with Gasteiger partial charge in [-0.05, 0) is 93.5 Å². The van der Waals surface area contributed by atoms with Gasteiger partial charge in [-0.1, -0.05) is 34.8 Å². The van der Waals surface area contributed by atoms with Gasteiger partial charge in [-0.15, -0.1) is 5.10 Å². The predicted octanol–water partition coefficient (Wildman–Crippen LogP) is 5.62. The van der Waals surface area contributed by atoms with Crippen LogP contribution < -0.4 is 25.4 Å². The van der Waals surface area contributed by atoms with Gasteiger partial charge in [-0.25, -0.2) is 9.48 Å². The lowest BCUT2D eigenvalue weighted by molar-refractivity contribution is -0.137. The van der Waals surface area contributed by atoms with Crippen LogP contribution in [0.15, 0.2) is 54.7 Å². The maximum absolute atomic E-state index is 13.7. The monoisotopic (exact) mass is 931 g/mol. The number of fused-ring (bicyclic) bond motifs is 1. The molecular formula is C44H59Cl2N7O9S. The van der Waals surface area contributed by atoms with E-state index in [0.717, 1.165) is 25.0 Å². The number of benzene rings is 2. The average molecular weight is 933 g/mol. The van der Waals surface area contributed by atoms with Crippen LogP contribution >= 0.6 is 35.0 Å². The molecule has 63 heavy (non-hydrogen) atoms. The van der Waals surface area contributed by atoms with Crippen molar-refractivity contribution in [3.63, 3.8) is 0 Å². The van der Waals surface area contributed by atoms with Crippen molar-refractivity contribution in [3.8, 4) is 11.5 Å². The highest BCUT2D eigenvalue weighted by atomic mass is 35.5. The number of hydrogen-bond acceptors (Lipinski definition) is 12. The summed E-state index contributed by atoms with van der Waals surface area (Å²) in [4.78, 5) is 51.9. The van der Waals surface area contributed by atoms with Gasteiger partial charge in [-0.2, -0.15) is 11.8 Å². The molecule has 4 amide bonds. The first-order chi connectivity index (χ1) is 30.7. The normalized spacial score (nSPS) is 20.4. The van der Waals surface area contributed by atoms with Crippen LogP contribution in [0.3, 0.4) is 0 Å². The van der Waals surface area contributed by atoms with Gasteiger partial charge in [0.2, 0.25) is 0 Å². The zero-order valence-corrected chi connectivity index (χ0v) is 37.9. The van der Waals surface area contributed by atoms with Gasteiger partial charge >= 0.3 is 6.03 Å². The highest BCUT2D eigenvalue weighted by Gasteiger charge is 2.42. The second-order valence-electron chi connectivity index (χ2n) is 15.9. The molecule has 2 saturated heterocycles. The van der Waals surface area contributed by atoms with Crippen LogP contribution in [0.2, 0.25) is 10.0 Å². The van der Waals surface area contributed by atoms with E-state index in [9.17, 15) is 19.2 Å². The fourth-order valence-electron chi connectivity index (χ4n) is 7.86. The number of Topliss-reactive ketones (excluding diaryl/α,β-unsaturated/α-hetero) is 1. The van der Waals surface area contributed by atoms with Crippen LogP contribution in [0.4, 0.5) is 4.79 Å². The van der Waals surface area contributed by atoms with Gasteiger partial charge in [-0.3, -0.25) is 14.4 Å². The van der Waals surface area contributed by atoms with Gasteiger partial charge in [0.15, 0.2) is 13.2 Å². The van der Waals surface area contributed by atoms with Gasteiger partial charge in [0.25, 0.3) is 11.8 Å². The molecule has 2 unspecified atom stereocenters. The van der Waals surface area contributed by atoms with Crippen molar-refractivity contribution in [1.82, 2.24) is 35.8 Å². The molecule has 3 heterocycles. The molecule has 3 atom stereocenters. The number of rotatable bonds is 28. The Bertz CT molecular complexity index is 1890. The Hall–Kier alpha value is -4.13. The largest absolute Gasteiger partial charge is 0.484 e. The van der Waals surface area contributed by atoms with E-state index in [1.54, 1.807) is 58.1 Å². The molecule has 16 nitrogen and oxygen atoms in total. The Morgan fingerprint density at radius 1 is 0.794 bits per heavy atom. The minimum Gasteiger partial charge on any atom is -0.484 e. The number of aromatic nitrogens is 3. The molecule has 344 valence electrons. The minimum atomic E-state index is -0.204. The molecule has 0 radical (unpaired) electrons. The van der Waals surface area contributed by atoms with Crippen molar-refractivity contribution in [2.24, 2.45) is 0 Å². The summed E-state index contributed by atoms with van der Waals surface area (Å²) in [5, 5.41) is 19.3. The Labute approximate surface area is 383 Å². The molecule has 1 aliphatic carbocycles. The fourth-order valence-corrected chi connectivity index (χ4v) is 9.66. The zero-order valence-electron chi connectivity index (χ0n) is 35.6. The smallest absolute Gasteiger partial charge is 0.315 e. The van der Waals surface area contributed by atoms with Crippen LogP contribution in [0.1, 0.15) is 69.9 Å². The third-order valence-corrected chi connectivity index (χ3v) is 13.2. The lowest BCUT2D eigenvalue weighted by Gasteiger charge is -2.36. The molecule has 1 aromatic heterocycles. The molecule has 0 bridgehead atoms. The van der Waals surface area contributed by atoms with Crippen molar-refractivity contribution >= 4 is 58.6 Å². The number of carbonyl (C=O) groups is 4. The molecule has 3 aromatic rings. The second-order valence-corrected chi connectivity index (χ2v) is 18.0. The van der Waals surface area contributed by atoms with Crippen molar-refractivity contribution in [1.29, 1.82) is 0 Å². The highest BCUT2D eigenvalue weighted by Crippen LogP contribution is 2.33. The second kappa shape index (κ2) is 26.0. The molecule has 0 spiro atoms.